The number of carboxylic acid groups (broad SMARTS) is 1. The van der Waals surface area contributed by atoms with Crippen molar-refractivity contribution < 1.29 is 14.3 Å². The standard InChI is InChI=1S/C15H14FNO2/c1-10-4-2-3-5-13(10)17-14-7-6-12(16)8-11(14)9-15(18)19/h2-8,17H,9H2,1H3,(H,18,19). The lowest BCUT2D eigenvalue weighted by Gasteiger charge is -2.13. The van der Waals surface area contributed by atoms with Crippen molar-refractivity contribution in [1.29, 1.82) is 0 Å². The van der Waals surface area contributed by atoms with E-state index in [2.05, 4.69) is 5.32 Å². The Labute approximate surface area is 110 Å². The van der Waals surface area contributed by atoms with Gasteiger partial charge in [0, 0.05) is 11.4 Å². The Morgan fingerprint density at radius 3 is 2.63 bits per heavy atom. The van der Waals surface area contributed by atoms with E-state index < -0.39 is 11.8 Å². The topological polar surface area (TPSA) is 49.3 Å². The summed E-state index contributed by atoms with van der Waals surface area (Å²) in [5.74, 6) is -1.43. The lowest BCUT2D eigenvalue weighted by atomic mass is 10.1. The quantitative estimate of drug-likeness (QED) is 0.883. The number of benzene rings is 2. The van der Waals surface area contributed by atoms with Gasteiger partial charge in [0.15, 0.2) is 0 Å². The number of aliphatic carboxylic acids is 1. The zero-order valence-electron chi connectivity index (χ0n) is 10.5. The summed E-state index contributed by atoms with van der Waals surface area (Å²) in [5.41, 5.74) is 2.95. The molecule has 0 radical (unpaired) electrons. The Balaban J connectivity index is 2.34. The summed E-state index contributed by atoms with van der Waals surface area (Å²) in [6, 6.07) is 11.8. The molecule has 0 unspecified atom stereocenters. The van der Waals surface area contributed by atoms with E-state index in [0.717, 1.165) is 11.3 Å². The summed E-state index contributed by atoms with van der Waals surface area (Å²) in [5, 5.41) is 12.0. The second kappa shape index (κ2) is 5.52. The minimum Gasteiger partial charge on any atom is -0.481 e. The molecule has 0 heterocycles. The van der Waals surface area contributed by atoms with E-state index in [9.17, 15) is 9.18 Å². The van der Waals surface area contributed by atoms with Crippen molar-refractivity contribution in [1.82, 2.24) is 0 Å². The zero-order chi connectivity index (χ0) is 13.8. The van der Waals surface area contributed by atoms with Crippen LogP contribution in [0.5, 0.6) is 0 Å². The number of anilines is 2. The van der Waals surface area contributed by atoms with E-state index in [-0.39, 0.29) is 6.42 Å². The van der Waals surface area contributed by atoms with Gasteiger partial charge in [-0.3, -0.25) is 4.79 Å². The number of aryl methyl sites for hydroxylation is 1. The van der Waals surface area contributed by atoms with Gasteiger partial charge >= 0.3 is 5.97 Å². The molecular formula is C15H14FNO2. The molecule has 0 aliphatic carbocycles. The molecule has 0 fully saturated rings. The van der Waals surface area contributed by atoms with Crippen LogP contribution in [-0.2, 0) is 11.2 Å². The molecule has 3 nitrogen and oxygen atoms in total. The van der Waals surface area contributed by atoms with Crippen LogP contribution in [0.2, 0.25) is 0 Å². The summed E-state index contributed by atoms with van der Waals surface area (Å²) in [6.07, 6.45) is -0.216. The van der Waals surface area contributed by atoms with Crippen molar-refractivity contribution in [3.05, 3.63) is 59.4 Å². The maximum Gasteiger partial charge on any atom is 0.307 e. The molecule has 2 aromatic rings. The fourth-order valence-corrected chi connectivity index (χ4v) is 1.85. The molecule has 0 amide bonds. The highest BCUT2D eigenvalue weighted by molar-refractivity contribution is 5.75. The van der Waals surface area contributed by atoms with E-state index in [0.29, 0.717) is 11.3 Å². The Kier molecular flexibility index (Phi) is 3.80. The van der Waals surface area contributed by atoms with Crippen molar-refractivity contribution in [2.75, 3.05) is 5.32 Å². The van der Waals surface area contributed by atoms with Crippen LogP contribution >= 0.6 is 0 Å². The zero-order valence-corrected chi connectivity index (χ0v) is 10.5. The smallest absolute Gasteiger partial charge is 0.307 e. The number of carboxylic acids is 1. The first kappa shape index (κ1) is 13.1. The first-order chi connectivity index (χ1) is 9.06. The number of halogens is 1. The Morgan fingerprint density at radius 2 is 1.95 bits per heavy atom. The second-order valence-corrected chi connectivity index (χ2v) is 4.31. The van der Waals surface area contributed by atoms with Gasteiger partial charge in [0.1, 0.15) is 5.82 Å². The molecule has 2 aromatic carbocycles. The molecule has 0 spiro atoms. The largest absolute Gasteiger partial charge is 0.481 e. The van der Waals surface area contributed by atoms with Gasteiger partial charge in [-0.1, -0.05) is 18.2 Å². The van der Waals surface area contributed by atoms with Gasteiger partial charge < -0.3 is 10.4 Å². The summed E-state index contributed by atoms with van der Waals surface area (Å²) in [4.78, 5) is 10.8. The van der Waals surface area contributed by atoms with Crippen LogP contribution in [0.15, 0.2) is 42.5 Å². The highest BCUT2D eigenvalue weighted by atomic mass is 19.1. The third-order valence-corrected chi connectivity index (χ3v) is 2.82. The van der Waals surface area contributed by atoms with Crippen molar-refractivity contribution in [2.24, 2.45) is 0 Å². The van der Waals surface area contributed by atoms with Crippen LogP contribution < -0.4 is 5.32 Å². The van der Waals surface area contributed by atoms with Crippen LogP contribution in [0.3, 0.4) is 0 Å². The lowest BCUT2D eigenvalue weighted by Crippen LogP contribution is -2.04. The highest BCUT2D eigenvalue weighted by Crippen LogP contribution is 2.24. The van der Waals surface area contributed by atoms with E-state index in [1.165, 1.54) is 12.1 Å². The molecule has 0 bridgehead atoms. The van der Waals surface area contributed by atoms with Gasteiger partial charge in [0.2, 0.25) is 0 Å². The number of hydrogen-bond acceptors (Lipinski definition) is 2. The van der Waals surface area contributed by atoms with Crippen molar-refractivity contribution in [3.63, 3.8) is 0 Å². The second-order valence-electron chi connectivity index (χ2n) is 4.31. The molecule has 0 aliphatic heterocycles. The van der Waals surface area contributed by atoms with Crippen LogP contribution in [0.4, 0.5) is 15.8 Å². The predicted octanol–water partition coefficient (Wildman–Crippen LogP) is 3.50. The fourth-order valence-electron chi connectivity index (χ4n) is 1.85. The maximum absolute atomic E-state index is 13.2. The summed E-state index contributed by atoms with van der Waals surface area (Å²) in [7, 11) is 0. The van der Waals surface area contributed by atoms with E-state index in [1.807, 2.05) is 31.2 Å². The molecule has 2 N–H and O–H groups in total. The maximum atomic E-state index is 13.2. The molecule has 0 atom stereocenters. The summed E-state index contributed by atoms with van der Waals surface area (Å²) in [6.45, 7) is 1.95. The lowest BCUT2D eigenvalue weighted by molar-refractivity contribution is -0.136. The molecule has 98 valence electrons. The van der Waals surface area contributed by atoms with Crippen molar-refractivity contribution in [2.45, 2.75) is 13.3 Å². The third kappa shape index (κ3) is 3.31. The van der Waals surface area contributed by atoms with Crippen molar-refractivity contribution >= 4 is 17.3 Å². The summed E-state index contributed by atoms with van der Waals surface area (Å²) < 4.78 is 13.2. The number of nitrogens with one attached hydrogen (secondary N) is 1. The Hall–Kier alpha value is -2.36. The van der Waals surface area contributed by atoms with Crippen LogP contribution in [0.25, 0.3) is 0 Å². The number of carbonyl (C=O) groups is 1. The van der Waals surface area contributed by atoms with Gasteiger partial charge in [-0.25, -0.2) is 4.39 Å². The molecule has 4 heteroatoms. The SMILES string of the molecule is Cc1ccccc1Nc1ccc(F)cc1CC(=O)O. The molecule has 0 saturated heterocycles. The third-order valence-electron chi connectivity index (χ3n) is 2.82. The Bertz CT molecular complexity index is 611. The average molecular weight is 259 g/mol. The molecule has 0 saturated carbocycles. The predicted molar refractivity (Wildman–Crippen MR) is 72.2 cm³/mol. The number of para-hydroxylation sites is 1. The van der Waals surface area contributed by atoms with Gasteiger partial charge in [0.25, 0.3) is 0 Å². The van der Waals surface area contributed by atoms with Crippen LogP contribution in [-0.4, -0.2) is 11.1 Å². The first-order valence-electron chi connectivity index (χ1n) is 5.89. The van der Waals surface area contributed by atoms with Crippen LogP contribution in [0, 0.1) is 12.7 Å². The van der Waals surface area contributed by atoms with Crippen LogP contribution in [0.1, 0.15) is 11.1 Å². The minimum atomic E-state index is -0.988. The normalized spacial score (nSPS) is 10.2. The summed E-state index contributed by atoms with van der Waals surface area (Å²) >= 11 is 0. The molecular weight excluding hydrogens is 245 g/mol. The number of hydrogen-bond donors (Lipinski definition) is 2. The van der Waals surface area contributed by atoms with Gasteiger partial charge in [-0.05, 0) is 42.3 Å². The average Bonchev–Trinajstić information content (AvgIpc) is 2.34. The van der Waals surface area contributed by atoms with Crippen molar-refractivity contribution in [3.8, 4) is 0 Å². The van der Waals surface area contributed by atoms with Gasteiger partial charge in [-0.15, -0.1) is 0 Å². The number of rotatable bonds is 4. The molecule has 2 rings (SSSR count). The van der Waals surface area contributed by atoms with E-state index in [1.54, 1.807) is 6.07 Å². The molecule has 0 aromatic heterocycles. The highest BCUT2D eigenvalue weighted by Gasteiger charge is 2.09. The van der Waals surface area contributed by atoms with Gasteiger partial charge in [0.05, 0.1) is 6.42 Å². The first-order valence-corrected chi connectivity index (χ1v) is 5.89. The van der Waals surface area contributed by atoms with E-state index in [4.69, 9.17) is 5.11 Å². The Morgan fingerprint density at radius 1 is 1.21 bits per heavy atom. The minimum absolute atomic E-state index is 0.216. The van der Waals surface area contributed by atoms with E-state index >= 15 is 0 Å². The fraction of sp³-hybridized carbons (Fsp3) is 0.133. The van der Waals surface area contributed by atoms with Gasteiger partial charge in [-0.2, -0.15) is 0 Å². The molecule has 19 heavy (non-hydrogen) atoms. The molecule has 0 aliphatic rings. The monoisotopic (exact) mass is 259 g/mol.